The molecule has 1 aromatic heterocycles. The summed E-state index contributed by atoms with van der Waals surface area (Å²) in [6.45, 7) is 7.50. The normalized spacial score (nSPS) is 17.5. The van der Waals surface area contributed by atoms with Crippen molar-refractivity contribution in [2.75, 3.05) is 39.9 Å². The topological polar surface area (TPSA) is 59.4 Å². The van der Waals surface area contributed by atoms with E-state index in [1.54, 1.807) is 7.11 Å². The van der Waals surface area contributed by atoms with E-state index in [-0.39, 0.29) is 5.91 Å². The summed E-state index contributed by atoms with van der Waals surface area (Å²) in [5.41, 5.74) is 2.85. The Morgan fingerprint density at radius 3 is 2.81 bits per heavy atom. The Hall–Kier alpha value is -2.18. The van der Waals surface area contributed by atoms with Crippen LogP contribution in [-0.2, 0) is 11.3 Å². The van der Waals surface area contributed by atoms with E-state index in [0.717, 1.165) is 56.9 Å². The van der Waals surface area contributed by atoms with Gasteiger partial charge < -0.3 is 15.0 Å². The van der Waals surface area contributed by atoms with Gasteiger partial charge in [0.15, 0.2) is 0 Å². The number of hydrogen-bond acceptors (Lipinski definition) is 4. The molecule has 2 heterocycles. The van der Waals surface area contributed by atoms with Crippen LogP contribution in [0, 0.1) is 5.92 Å². The third-order valence-electron chi connectivity index (χ3n) is 4.97. The van der Waals surface area contributed by atoms with Gasteiger partial charge in [-0.2, -0.15) is 5.10 Å². The minimum absolute atomic E-state index is 0.00357. The first-order valence-electron chi connectivity index (χ1n) is 9.32. The van der Waals surface area contributed by atoms with E-state index in [2.05, 4.69) is 22.2 Å². The summed E-state index contributed by atoms with van der Waals surface area (Å²) in [6, 6.07) is 7.73. The van der Waals surface area contributed by atoms with Crippen LogP contribution >= 0.6 is 0 Å². The zero-order chi connectivity index (χ0) is 18.4. The van der Waals surface area contributed by atoms with E-state index < -0.39 is 0 Å². The number of carbonyl (C=O) groups excluding carboxylic acids is 1. The Morgan fingerprint density at radius 1 is 1.31 bits per heavy atom. The lowest BCUT2D eigenvalue weighted by Gasteiger charge is -2.15. The van der Waals surface area contributed by atoms with E-state index in [1.165, 1.54) is 0 Å². The van der Waals surface area contributed by atoms with Crippen LogP contribution in [0.4, 0.5) is 0 Å². The zero-order valence-corrected chi connectivity index (χ0v) is 15.6. The van der Waals surface area contributed by atoms with Crippen LogP contribution in [-0.4, -0.2) is 60.5 Å². The Kier molecular flexibility index (Phi) is 6.41. The van der Waals surface area contributed by atoms with Gasteiger partial charge in [0.2, 0.25) is 0 Å². The number of rotatable bonds is 8. The molecule has 1 fully saturated rings. The second kappa shape index (κ2) is 8.96. The van der Waals surface area contributed by atoms with Gasteiger partial charge in [-0.25, -0.2) is 0 Å². The molecule has 26 heavy (non-hydrogen) atoms. The molecule has 6 heteroatoms. The second-order valence-electron chi connectivity index (χ2n) is 6.82. The summed E-state index contributed by atoms with van der Waals surface area (Å²) >= 11 is 0. The number of carbonyl (C=O) groups is 1. The molecule has 1 aromatic carbocycles. The van der Waals surface area contributed by atoms with E-state index in [9.17, 15) is 4.79 Å². The fourth-order valence-electron chi connectivity index (χ4n) is 3.34. The van der Waals surface area contributed by atoms with Crippen LogP contribution in [0.2, 0.25) is 0 Å². The number of nitrogens with zero attached hydrogens (tertiary/aromatic N) is 3. The Bertz CT molecular complexity index is 711. The van der Waals surface area contributed by atoms with Crippen LogP contribution in [0.15, 0.2) is 36.7 Å². The number of aryl methyl sites for hydroxylation is 1. The van der Waals surface area contributed by atoms with Crippen LogP contribution in [0.5, 0.6) is 0 Å². The molecule has 1 aliphatic rings. The average molecular weight is 356 g/mol. The highest BCUT2D eigenvalue weighted by Crippen LogP contribution is 2.19. The minimum Gasteiger partial charge on any atom is -0.383 e. The molecule has 0 spiro atoms. The van der Waals surface area contributed by atoms with Gasteiger partial charge in [0.25, 0.3) is 5.91 Å². The molecule has 0 radical (unpaired) electrons. The third kappa shape index (κ3) is 4.71. The number of amides is 1. The van der Waals surface area contributed by atoms with Gasteiger partial charge in [0.1, 0.15) is 0 Å². The zero-order valence-electron chi connectivity index (χ0n) is 15.6. The molecule has 1 aliphatic heterocycles. The largest absolute Gasteiger partial charge is 0.383 e. The van der Waals surface area contributed by atoms with Crippen LogP contribution in [0.25, 0.3) is 11.1 Å². The lowest BCUT2D eigenvalue weighted by atomic mass is 10.1. The maximum Gasteiger partial charge on any atom is 0.251 e. The fraction of sp³-hybridized carbons (Fsp3) is 0.500. The van der Waals surface area contributed by atoms with Gasteiger partial charge in [-0.3, -0.25) is 9.48 Å². The predicted molar refractivity (Wildman–Crippen MR) is 102 cm³/mol. The summed E-state index contributed by atoms with van der Waals surface area (Å²) in [5.74, 6) is 0.520. The van der Waals surface area contributed by atoms with E-state index >= 15 is 0 Å². The van der Waals surface area contributed by atoms with Crippen molar-refractivity contribution in [3.8, 4) is 11.1 Å². The van der Waals surface area contributed by atoms with Gasteiger partial charge in [0.05, 0.1) is 12.8 Å². The molecule has 1 atom stereocenters. The van der Waals surface area contributed by atoms with Gasteiger partial charge in [-0.1, -0.05) is 12.1 Å². The third-order valence-corrected chi connectivity index (χ3v) is 4.97. The maximum absolute atomic E-state index is 12.4. The molecule has 0 unspecified atom stereocenters. The van der Waals surface area contributed by atoms with E-state index in [1.807, 2.05) is 41.3 Å². The summed E-state index contributed by atoms with van der Waals surface area (Å²) in [6.07, 6.45) is 5.00. The Balaban J connectivity index is 1.49. The molecule has 0 aliphatic carbocycles. The minimum atomic E-state index is -0.00357. The molecule has 0 bridgehead atoms. The first kappa shape index (κ1) is 18.6. The van der Waals surface area contributed by atoms with Crippen molar-refractivity contribution in [1.82, 2.24) is 20.0 Å². The first-order chi connectivity index (χ1) is 12.7. The van der Waals surface area contributed by atoms with Gasteiger partial charge in [0, 0.05) is 50.6 Å². The molecule has 6 nitrogen and oxygen atoms in total. The number of ether oxygens (including phenoxy) is 1. The molecular weight excluding hydrogens is 328 g/mol. The van der Waals surface area contributed by atoms with Crippen molar-refractivity contribution in [3.05, 3.63) is 42.2 Å². The number of hydrogen-bond donors (Lipinski definition) is 1. The molecule has 3 rings (SSSR count). The van der Waals surface area contributed by atoms with Crippen LogP contribution in [0.3, 0.4) is 0 Å². The van der Waals surface area contributed by atoms with Crippen molar-refractivity contribution in [1.29, 1.82) is 0 Å². The highest BCUT2D eigenvalue weighted by Gasteiger charge is 2.22. The molecule has 0 saturated carbocycles. The van der Waals surface area contributed by atoms with Crippen molar-refractivity contribution in [2.24, 2.45) is 5.92 Å². The number of likely N-dealkylation sites (tertiary alicyclic amines) is 1. The van der Waals surface area contributed by atoms with Crippen molar-refractivity contribution in [3.63, 3.8) is 0 Å². The monoisotopic (exact) mass is 356 g/mol. The van der Waals surface area contributed by atoms with E-state index in [4.69, 9.17) is 4.74 Å². The molecule has 1 amide bonds. The lowest BCUT2D eigenvalue weighted by Crippen LogP contribution is -2.31. The smallest absolute Gasteiger partial charge is 0.251 e. The van der Waals surface area contributed by atoms with Crippen molar-refractivity contribution in [2.45, 2.75) is 19.9 Å². The van der Waals surface area contributed by atoms with Crippen molar-refractivity contribution < 1.29 is 9.53 Å². The SMILES string of the molecule is CCn1cc(-c2ccc(C(=O)NC[C@H]3CCN(CCOC)C3)cc2)cn1. The highest BCUT2D eigenvalue weighted by molar-refractivity contribution is 5.94. The van der Waals surface area contributed by atoms with Gasteiger partial charge in [-0.05, 0) is 43.5 Å². The molecule has 140 valence electrons. The summed E-state index contributed by atoms with van der Waals surface area (Å²) in [7, 11) is 1.73. The molecule has 2 aromatic rings. The number of aromatic nitrogens is 2. The average Bonchev–Trinajstić information content (AvgIpc) is 3.34. The van der Waals surface area contributed by atoms with Gasteiger partial charge >= 0.3 is 0 Å². The molecular formula is C20H28N4O2. The quantitative estimate of drug-likeness (QED) is 0.788. The molecule has 1 saturated heterocycles. The van der Waals surface area contributed by atoms with Crippen LogP contribution in [0.1, 0.15) is 23.7 Å². The maximum atomic E-state index is 12.4. The second-order valence-corrected chi connectivity index (χ2v) is 6.82. The summed E-state index contributed by atoms with van der Waals surface area (Å²) < 4.78 is 7.02. The first-order valence-corrected chi connectivity index (χ1v) is 9.32. The number of benzene rings is 1. The molecule has 1 N–H and O–H groups in total. The highest BCUT2D eigenvalue weighted by atomic mass is 16.5. The van der Waals surface area contributed by atoms with Crippen molar-refractivity contribution >= 4 is 5.91 Å². The summed E-state index contributed by atoms with van der Waals surface area (Å²) in [5, 5.41) is 7.37. The number of nitrogens with one attached hydrogen (secondary N) is 1. The Morgan fingerprint density at radius 2 is 2.12 bits per heavy atom. The van der Waals surface area contributed by atoms with E-state index in [0.29, 0.717) is 11.5 Å². The number of methoxy groups -OCH3 is 1. The standard InChI is InChI=1S/C20H28N4O2/c1-3-24-15-19(13-22-24)17-4-6-18(7-5-17)20(25)21-12-16-8-9-23(14-16)10-11-26-2/h4-7,13,15-16H,3,8-12,14H2,1-2H3,(H,21,25)/t16-/m1/s1. The lowest BCUT2D eigenvalue weighted by molar-refractivity contribution is 0.0946. The summed E-state index contributed by atoms with van der Waals surface area (Å²) in [4.78, 5) is 14.8. The predicted octanol–water partition coefficient (Wildman–Crippen LogP) is 2.27. The van der Waals surface area contributed by atoms with Gasteiger partial charge in [-0.15, -0.1) is 0 Å². The fourth-order valence-corrected chi connectivity index (χ4v) is 3.34. The van der Waals surface area contributed by atoms with Crippen LogP contribution < -0.4 is 5.32 Å². The Labute approximate surface area is 155 Å².